The van der Waals surface area contributed by atoms with Crippen LogP contribution >= 0.6 is 0 Å². The highest BCUT2D eigenvalue weighted by Gasteiger charge is 2.39. The third-order valence-electron chi connectivity index (χ3n) is 3.24. The van der Waals surface area contributed by atoms with Crippen molar-refractivity contribution in [3.05, 3.63) is 0 Å². The molecule has 3 atom stereocenters. The predicted molar refractivity (Wildman–Crippen MR) is 69.3 cm³/mol. The zero-order valence-corrected chi connectivity index (χ0v) is 11.1. The average molecular weight is 274 g/mol. The second-order valence-corrected chi connectivity index (χ2v) is 4.90. The van der Waals surface area contributed by atoms with Gasteiger partial charge in [-0.25, -0.2) is 0 Å². The van der Waals surface area contributed by atoms with E-state index in [1.165, 1.54) is 0 Å². The first-order valence-corrected chi connectivity index (χ1v) is 6.71. The highest BCUT2D eigenvalue weighted by Crippen LogP contribution is 2.23. The summed E-state index contributed by atoms with van der Waals surface area (Å²) in [6, 6.07) is -0.684. The van der Waals surface area contributed by atoms with E-state index < -0.39 is 23.8 Å². The minimum atomic E-state index is -1.76. The summed E-state index contributed by atoms with van der Waals surface area (Å²) < 4.78 is 5.11. The molecular formula is C12H24N3O4-. The van der Waals surface area contributed by atoms with Crippen molar-refractivity contribution in [2.45, 2.75) is 50.0 Å². The van der Waals surface area contributed by atoms with Crippen LogP contribution < -0.4 is 16.6 Å². The highest BCUT2D eigenvalue weighted by molar-refractivity contribution is 5.77. The highest BCUT2D eigenvalue weighted by atomic mass is 16.6. The van der Waals surface area contributed by atoms with Crippen molar-refractivity contribution in [1.82, 2.24) is 0 Å². The lowest BCUT2D eigenvalue weighted by Crippen LogP contribution is -2.51. The zero-order chi connectivity index (χ0) is 14.3. The largest absolute Gasteiger partial charge is 0.861 e. The minimum absolute atomic E-state index is 0.280. The molecule has 0 aliphatic carbocycles. The average Bonchev–Trinajstić information content (AvgIpc) is 2.40. The molecule has 1 fully saturated rings. The third kappa shape index (κ3) is 5.04. The summed E-state index contributed by atoms with van der Waals surface area (Å²) >= 11 is 0. The van der Waals surface area contributed by atoms with Gasteiger partial charge in [-0.1, -0.05) is 6.42 Å². The van der Waals surface area contributed by atoms with Crippen molar-refractivity contribution in [2.24, 2.45) is 16.5 Å². The molecule has 7 nitrogen and oxygen atoms in total. The van der Waals surface area contributed by atoms with Gasteiger partial charge in [0.15, 0.2) is 0 Å². The normalized spacial score (nSPS) is 30.3. The molecule has 0 radical (unpaired) electrons. The molecule has 0 spiro atoms. The molecular weight excluding hydrogens is 250 g/mol. The molecule has 1 aliphatic rings. The first-order valence-electron chi connectivity index (χ1n) is 6.71. The van der Waals surface area contributed by atoms with Crippen LogP contribution in [-0.2, 0) is 4.74 Å². The number of hydrogen-bond acceptors (Lipinski definition) is 7. The molecule has 7 heteroatoms. The van der Waals surface area contributed by atoms with Gasteiger partial charge in [-0.2, -0.15) is 0 Å². The van der Waals surface area contributed by atoms with Gasteiger partial charge in [0.25, 0.3) is 0 Å². The molecule has 1 rings (SSSR count). The van der Waals surface area contributed by atoms with Gasteiger partial charge >= 0.3 is 0 Å². The van der Waals surface area contributed by atoms with Crippen molar-refractivity contribution >= 4 is 5.90 Å². The maximum absolute atomic E-state index is 11.7. The van der Waals surface area contributed by atoms with E-state index in [1.807, 2.05) is 0 Å². The van der Waals surface area contributed by atoms with Crippen LogP contribution in [0.3, 0.4) is 0 Å². The van der Waals surface area contributed by atoms with Crippen LogP contribution in [0.15, 0.2) is 4.99 Å². The molecule has 1 heterocycles. The van der Waals surface area contributed by atoms with Crippen LogP contribution in [0.4, 0.5) is 0 Å². The molecule has 112 valence electrons. The molecule has 0 bridgehead atoms. The van der Waals surface area contributed by atoms with Crippen LogP contribution in [-0.4, -0.2) is 53.7 Å². The third-order valence-corrected chi connectivity index (χ3v) is 3.24. The zero-order valence-electron chi connectivity index (χ0n) is 11.1. The molecule has 0 saturated carbocycles. The van der Waals surface area contributed by atoms with E-state index in [2.05, 4.69) is 4.99 Å². The summed E-state index contributed by atoms with van der Waals surface area (Å²) in [5.74, 6) is -2.24. The fourth-order valence-corrected chi connectivity index (χ4v) is 1.94. The molecule has 0 amide bonds. The van der Waals surface area contributed by atoms with E-state index >= 15 is 0 Å². The van der Waals surface area contributed by atoms with Crippen LogP contribution in [0.25, 0.3) is 0 Å². The number of nitrogens with zero attached hydrogens (tertiary/aromatic N) is 1. The standard InChI is InChI=1S/C12H25N3O4/c13-6-2-1-4-9(14)11(17)15-8-12(18)10(16)5-3-7-19-12/h9-10,16,18H,1-8,13-14H2,(H,15,17)/p-1. The number of rotatable bonds is 7. The van der Waals surface area contributed by atoms with Crippen LogP contribution in [0, 0.1) is 0 Å². The van der Waals surface area contributed by atoms with Gasteiger partial charge in [-0.3, -0.25) is 4.99 Å². The Labute approximate surface area is 113 Å². The SMILES string of the molecule is NCCCCC(N)C([O-])=NCC1(O)OCCCC1O. The van der Waals surface area contributed by atoms with Crippen molar-refractivity contribution in [1.29, 1.82) is 0 Å². The first kappa shape index (κ1) is 16.3. The van der Waals surface area contributed by atoms with Gasteiger partial charge < -0.3 is 31.5 Å². The van der Waals surface area contributed by atoms with E-state index in [0.29, 0.717) is 32.4 Å². The Morgan fingerprint density at radius 3 is 2.89 bits per heavy atom. The Morgan fingerprint density at radius 2 is 2.26 bits per heavy atom. The van der Waals surface area contributed by atoms with E-state index in [4.69, 9.17) is 16.2 Å². The summed E-state index contributed by atoms with van der Waals surface area (Å²) in [7, 11) is 0. The van der Waals surface area contributed by atoms with Crippen molar-refractivity contribution in [3.63, 3.8) is 0 Å². The summed E-state index contributed by atoms with van der Waals surface area (Å²) in [6.07, 6.45) is 2.18. The van der Waals surface area contributed by atoms with Crippen LogP contribution in [0.2, 0.25) is 0 Å². The number of aliphatic imine (C=N–C) groups is 1. The van der Waals surface area contributed by atoms with Crippen molar-refractivity contribution in [3.8, 4) is 0 Å². The maximum Gasteiger partial charge on any atom is 0.212 e. The molecule has 0 aromatic carbocycles. The molecule has 19 heavy (non-hydrogen) atoms. The van der Waals surface area contributed by atoms with Gasteiger partial charge in [0.1, 0.15) is 6.10 Å². The van der Waals surface area contributed by atoms with Crippen molar-refractivity contribution in [2.75, 3.05) is 19.7 Å². The van der Waals surface area contributed by atoms with E-state index in [-0.39, 0.29) is 6.54 Å². The quantitative estimate of drug-likeness (QED) is 0.242. The van der Waals surface area contributed by atoms with Gasteiger partial charge in [-0.05, 0) is 38.1 Å². The van der Waals surface area contributed by atoms with E-state index in [0.717, 1.165) is 12.8 Å². The second kappa shape index (κ2) is 7.76. The number of unbranched alkanes of at least 4 members (excludes halogenated alkanes) is 1. The topological polar surface area (TPSA) is 137 Å². The smallest absolute Gasteiger partial charge is 0.212 e. The van der Waals surface area contributed by atoms with E-state index in [9.17, 15) is 15.3 Å². The van der Waals surface area contributed by atoms with Gasteiger partial charge in [0, 0.05) is 6.04 Å². The van der Waals surface area contributed by atoms with Gasteiger partial charge in [0.2, 0.25) is 5.79 Å². The fourth-order valence-electron chi connectivity index (χ4n) is 1.94. The molecule has 1 saturated heterocycles. The van der Waals surface area contributed by atoms with Crippen LogP contribution in [0.1, 0.15) is 32.1 Å². The number of nitrogens with two attached hydrogens (primary N) is 2. The first-order chi connectivity index (χ1) is 8.99. The molecule has 0 aromatic heterocycles. The minimum Gasteiger partial charge on any atom is -0.861 e. The predicted octanol–water partition coefficient (Wildman–Crippen LogP) is -1.94. The number of hydrogen-bond donors (Lipinski definition) is 4. The number of ether oxygens (including phenoxy) is 1. The molecule has 3 unspecified atom stereocenters. The van der Waals surface area contributed by atoms with E-state index in [1.54, 1.807) is 0 Å². The fraction of sp³-hybridized carbons (Fsp3) is 0.917. The Kier molecular flexibility index (Phi) is 6.67. The monoisotopic (exact) mass is 274 g/mol. The Balaban J connectivity index is 2.45. The maximum atomic E-state index is 11.7. The lowest BCUT2D eigenvalue weighted by molar-refractivity contribution is -0.270. The molecule has 0 aromatic rings. The Bertz CT molecular complexity index is 301. The van der Waals surface area contributed by atoms with Crippen LogP contribution in [0.5, 0.6) is 0 Å². The Morgan fingerprint density at radius 1 is 1.53 bits per heavy atom. The lowest BCUT2D eigenvalue weighted by atomic mass is 10.0. The lowest BCUT2D eigenvalue weighted by Gasteiger charge is -2.36. The van der Waals surface area contributed by atoms with Gasteiger partial charge in [0.05, 0.1) is 13.2 Å². The summed E-state index contributed by atoms with van der Waals surface area (Å²) in [4.78, 5) is 3.72. The van der Waals surface area contributed by atoms with Gasteiger partial charge in [-0.15, -0.1) is 0 Å². The second-order valence-electron chi connectivity index (χ2n) is 4.90. The number of aliphatic hydroxyl groups excluding tert-OH is 1. The number of aliphatic hydroxyl groups is 2. The van der Waals surface area contributed by atoms with Crippen molar-refractivity contribution < 1.29 is 20.1 Å². The summed E-state index contributed by atoms with van der Waals surface area (Å²) in [6.45, 7) is 0.634. The Hall–Kier alpha value is -0.730. The molecule has 6 N–H and O–H groups in total. The summed E-state index contributed by atoms with van der Waals surface area (Å²) in [5.41, 5.74) is 11.0. The molecule has 1 aliphatic heterocycles. The summed E-state index contributed by atoms with van der Waals surface area (Å²) in [5, 5.41) is 31.3.